The molecule has 1 amide bonds. The van der Waals surface area contributed by atoms with E-state index >= 15 is 0 Å². The highest BCUT2D eigenvalue weighted by molar-refractivity contribution is 5.80. The van der Waals surface area contributed by atoms with E-state index in [9.17, 15) is 4.79 Å². The van der Waals surface area contributed by atoms with Crippen molar-refractivity contribution in [1.29, 1.82) is 0 Å². The van der Waals surface area contributed by atoms with Crippen molar-refractivity contribution in [2.24, 2.45) is 5.92 Å². The highest BCUT2D eigenvalue weighted by atomic mass is 16.5. The van der Waals surface area contributed by atoms with E-state index in [1.807, 2.05) is 34.7 Å². The van der Waals surface area contributed by atoms with Gasteiger partial charge in [0.1, 0.15) is 18.1 Å². The van der Waals surface area contributed by atoms with E-state index in [4.69, 9.17) is 9.47 Å². The smallest absolute Gasteiger partial charge is 0.229 e. The first-order valence-corrected chi connectivity index (χ1v) is 8.66. The summed E-state index contributed by atoms with van der Waals surface area (Å²) in [7, 11) is 1.65. The third-order valence-corrected chi connectivity index (χ3v) is 5.09. The highest BCUT2D eigenvalue weighted by Crippen LogP contribution is 2.33. The second-order valence-corrected chi connectivity index (χ2v) is 6.95. The van der Waals surface area contributed by atoms with Crippen molar-refractivity contribution < 1.29 is 14.3 Å². The minimum atomic E-state index is -0.124. The topological polar surface area (TPSA) is 56.6 Å². The predicted octanol–water partition coefficient (Wildman–Crippen LogP) is 2.14. The van der Waals surface area contributed by atoms with E-state index in [0.717, 1.165) is 41.5 Å². The molecule has 6 nitrogen and oxygen atoms in total. The standard InChI is InChI=1S/C19H23N3O3/c1-12-6-13(2)22(20-12)16-9-21(10-16)19(23)15-7-14-8-17(24-3)4-5-18(14)25-11-15/h4-6,8,15-16H,7,9-11H2,1-3H3/t15-/m0/s1. The number of likely N-dealkylation sites (tertiary alicyclic amines) is 1. The molecule has 1 fully saturated rings. The van der Waals surface area contributed by atoms with Gasteiger partial charge >= 0.3 is 0 Å². The van der Waals surface area contributed by atoms with E-state index in [2.05, 4.69) is 18.1 Å². The van der Waals surface area contributed by atoms with Crippen molar-refractivity contribution in [2.75, 3.05) is 26.8 Å². The normalized spacial score (nSPS) is 19.8. The summed E-state index contributed by atoms with van der Waals surface area (Å²) in [6.07, 6.45) is 0.701. The summed E-state index contributed by atoms with van der Waals surface area (Å²) in [4.78, 5) is 14.7. The number of methoxy groups -OCH3 is 1. The van der Waals surface area contributed by atoms with Crippen LogP contribution in [0.15, 0.2) is 24.3 Å². The zero-order chi connectivity index (χ0) is 17.6. The molecule has 2 aromatic rings. The minimum Gasteiger partial charge on any atom is -0.497 e. The van der Waals surface area contributed by atoms with Crippen LogP contribution in [0, 0.1) is 19.8 Å². The zero-order valence-corrected chi connectivity index (χ0v) is 14.9. The first kappa shape index (κ1) is 16.0. The second kappa shape index (κ2) is 6.10. The van der Waals surface area contributed by atoms with Crippen LogP contribution in [0.3, 0.4) is 0 Å². The zero-order valence-electron chi connectivity index (χ0n) is 14.9. The van der Waals surface area contributed by atoms with Crippen molar-refractivity contribution in [2.45, 2.75) is 26.3 Å². The average Bonchev–Trinajstić information content (AvgIpc) is 2.90. The van der Waals surface area contributed by atoms with Crippen LogP contribution >= 0.6 is 0 Å². The largest absolute Gasteiger partial charge is 0.497 e. The fourth-order valence-corrected chi connectivity index (χ4v) is 3.72. The van der Waals surface area contributed by atoms with Gasteiger partial charge in [-0.1, -0.05) is 0 Å². The van der Waals surface area contributed by atoms with Gasteiger partial charge in [0.15, 0.2) is 0 Å². The van der Waals surface area contributed by atoms with Gasteiger partial charge in [-0.05, 0) is 50.1 Å². The summed E-state index contributed by atoms with van der Waals surface area (Å²) in [6, 6.07) is 8.12. The molecule has 2 aliphatic heterocycles. The Kier molecular flexibility index (Phi) is 3.90. The summed E-state index contributed by atoms with van der Waals surface area (Å²) in [5, 5.41) is 4.53. The van der Waals surface area contributed by atoms with Crippen molar-refractivity contribution >= 4 is 5.91 Å². The predicted molar refractivity (Wildman–Crippen MR) is 93.0 cm³/mol. The number of amides is 1. The van der Waals surface area contributed by atoms with Gasteiger partial charge in [-0.2, -0.15) is 5.10 Å². The van der Waals surface area contributed by atoms with E-state index in [0.29, 0.717) is 13.0 Å². The molecular weight excluding hydrogens is 318 g/mol. The lowest BCUT2D eigenvalue weighted by atomic mass is 9.93. The summed E-state index contributed by atoms with van der Waals surface area (Å²) < 4.78 is 13.1. The number of benzene rings is 1. The molecule has 25 heavy (non-hydrogen) atoms. The Hall–Kier alpha value is -2.50. The number of carbonyl (C=O) groups is 1. The summed E-state index contributed by atoms with van der Waals surface area (Å²) in [5.41, 5.74) is 3.21. The first-order valence-electron chi connectivity index (χ1n) is 8.66. The summed E-state index contributed by atoms with van der Waals surface area (Å²) >= 11 is 0. The number of hydrogen-bond donors (Lipinski definition) is 0. The van der Waals surface area contributed by atoms with Crippen LogP contribution in [0.4, 0.5) is 0 Å². The number of fused-ring (bicyclic) bond motifs is 1. The molecule has 0 saturated carbocycles. The maximum Gasteiger partial charge on any atom is 0.229 e. The Morgan fingerprint density at radius 1 is 1.28 bits per heavy atom. The SMILES string of the molecule is COc1ccc2c(c1)C[C@H](C(=O)N1CC(n3nc(C)cc3C)C1)CO2. The first-order chi connectivity index (χ1) is 12.0. The lowest BCUT2D eigenvalue weighted by Crippen LogP contribution is -2.54. The maximum atomic E-state index is 12.8. The molecule has 3 heterocycles. The Labute approximate surface area is 147 Å². The van der Waals surface area contributed by atoms with Crippen molar-refractivity contribution in [3.05, 3.63) is 41.2 Å². The van der Waals surface area contributed by atoms with Crippen molar-refractivity contribution in [1.82, 2.24) is 14.7 Å². The fourth-order valence-electron chi connectivity index (χ4n) is 3.72. The molecule has 0 radical (unpaired) electrons. The number of carbonyl (C=O) groups excluding carboxylic acids is 1. The van der Waals surface area contributed by atoms with Crippen molar-refractivity contribution in [3.8, 4) is 11.5 Å². The quantitative estimate of drug-likeness (QED) is 0.858. The lowest BCUT2D eigenvalue weighted by Gasteiger charge is -2.42. The maximum absolute atomic E-state index is 12.8. The monoisotopic (exact) mass is 341 g/mol. The van der Waals surface area contributed by atoms with Crippen LogP contribution in [0.2, 0.25) is 0 Å². The molecule has 4 rings (SSSR count). The van der Waals surface area contributed by atoms with Crippen LogP contribution in [0.5, 0.6) is 11.5 Å². The molecule has 2 aliphatic rings. The molecule has 1 aromatic carbocycles. The fraction of sp³-hybridized carbons (Fsp3) is 0.474. The van der Waals surface area contributed by atoms with E-state index < -0.39 is 0 Å². The van der Waals surface area contributed by atoms with E-state index in [1.54, 1.807) is 7.11 Å². The van der Waals surface area contributed by atoms with E-state index in [-0.39, 0.29) is 17.9 Å². The van der Waals surface area contributed by atoms with Crippen LogP contribution < -0.4 is 9.47 Å². The molecule has 1 atom stereocenters. The minimum absolute atomic E-state index is 0.124. The third-order valence-electron chi connectivity index (χ3n) is 5.09. The molecule has 1 saturated heterocycles. The number of nitrogens with zero attached hydrogens (tertiary/aromatic N) is 3. The van der Waals surface area contributed by atoms with Crippen LogP contribution in [-0.2, 0) is 11.2 Å². The van der Waals surface area contributed by atoms with Crippen molar-refractivity contribution in [3.63, 3.8) is 0 Å². The third kappa shape index (κ3) is 2.86. The molecule has 132 valence electrons. The van der Waals surface area contributed by atoms with Gasteiger partial charge in [-0.15, -0.1) is 0 Å². The Bertz CT molecular complexity index is 808. The highest BCUT2D eigenvalue weighted by Gasteiger charge is 2.38. The molecule has 0 N–H and O–H groups in total. The van der Waals surface area contributed by atoms with E-state index in [1.165, 1.54) is 0 Å². The Balaban J connectivity index is 1.40. The lowest BCUT2D eigenvalue weighted by molar-refractivity contribution is -0.143. The van der Waals surface area contributed by atoms with Crippen LogP contribution in [0.25, 0.3) is 0 Å². The van der Waals surface area contributed by atoms with Gasteiger partial charge in [-0.3, -0.25) is 9.48 Å². The van der Waals surface area contributed by atoms with Gasteiger partial charge in [0.2, 0.25) is 5.91 Å². The van der Waals surface area contributed by atoms with Crippen LogP contribution in [0.1, 0.15) is 23.0 Å². The Morgan fingerprint density at radius 3 is 2.76 bits per heavy atom. The second-order valence-electron chi connectivity index (χ2n) is 6.95. The van der Waals surface area contributed by atoms with Gasteiger partial charge in [-0.25, -0.2) is 0 Å². The number of ether oxygens (including phenoxy) is 2. The number of aryl methyl sites for hydroxylation is 2. The molecule has 1 aromatic heterocycles. The number of hydrogen-bond acceptors (Lipinski definition) is 4. The number of aromatic nitrogens is 2. The van der Waals surface area contributed by atoms with Crippen LogP contribution in [-0.4, -0.2) is 47.4 Å². The molecule has 6 heteroatoms. The van der Waals surface area contributed by atoms with Gasteiger partial charge in [0.25, 0.3) is 0 Å². The van der Waals surface area contributed by atoms with Gasteiger partial charge in [0, 0.05) is 18.8 Å². The molecule has 0 unspecified atom stereocenters. The van der Waals surface area contributed by atoms with Gasteiger partial charge in [0.05, 0.1) is 24.8 Å². The summed E-state index contributed by atoms with van der Waals surface area (Å²) in [5.74, 6) is 1.70. The molecule has 0 bridgehead atoms. The van der Waals surface area contributed by atoms with Gasteiger partial charge < -0.3 is 14.4 Å². The molecular formula is C19H23N3O3. The average molecular weight is 341 g/mol. The number of rotatable bonds is 3. The Morgan fingerprint density at radius 2 is 2.08 bits per heavy atom. The summed E-state index contributed by atoms with van der Waals surface area (Å²) in [6.45, 7) is 5.95. The molecule has 0 spiro atoms. The molecule has 0 aliphatic carbocycles.